The van der Waals surface area contributed by atoms with Crippen molar-refractivity contribution in [3.05, 3.63) is 29.8 Å². The molecular weight excluding hydrogens is 470 g/mol. The van der Waals surface area contributed by atoms with Crippen LogP contribution >= 0.6 is 0 Å². The average molecular weight is 508 g/mol. The second-order valence-electron chi connectivity index (χ2n) is 9.14. The van der Waals surface area contributed by atoms with Gasteiger partial charge in [-0.2, -0.15) is 0 Å². The maximum absolute atomic E-state index is 13.3. The van der Waals surface area contributed by atoms with Crippen molar-refractivity contribution in [1.82, 2.24) is 16.0 Å². The number of hydrogen-bond acceptors (Lipinski definition) is 7. The summed E-state index contributed by atoms with van der Waals surface area (Å²) in [4.78, 5) is 61.5. The predicted molar refractivity (Wildman–Crippen MR) is 131 cm³/mol. The Morgan fingerprint density at radius 1 is 0.889 bits per heavy atom. The predicted octanol–water partition coefficient (Wildman–Crippen LogP) is -0.621. The molecule has 4 amide bonds. The van der Waals surface area contributed by atoms with E-state index < -0.39 is 66.1 Å². The van der Waals surface area contributed by atoms with Crippen LogP contribution in [-0.2, 0) is 30.4 Å². The van der Waals surface area contributed by atoms with Crippen molar-refractivity contribution in [3.63, 3.8) is 0 Å². The highest BCUT2D eigenvalue weighted by atomic mass is 16.4. The summed E-state index contributed by atoms with van der Waals surface area (Å²) in [6.07, 6.45) is -0.120. The van der Waals surface area contributed by atoms with E-state index in [9.17, 15) is 34.2 Å². The summed E-state index contributed by atoms with van der Waals surface area (Å²) >= 11 is 0. The molecule has 0 saturated carbocycles. The van der Waals surface area contributed by atoms with Crippen LogP contribution in [0.5, 0.6) is 5.75 Å². The van der Waals surface area contributed by atoms with Crippen LogP contribution in [0.15, 0.2) is 24.3 Å². The highest BCUT2D eigenvalue weighted by molar-refractivity contribution is 5.95. The van der Waals surface area contributed by atoms with E-state index in [-0.39, 0.29) is 18.1 Å². The van der Waals surface area contributed by atoms with Crippen molar-refractivity contribution < 1.29 is 34.2 Å². The molecule has 5 atom stereocenters. The first kappa shape index (κ1) is 30.4. The van der Waals surface area contributed by atoms with Gasteiger partial charge in [0.05, 0.1) is 12.5 Å². The zero-order valence-electron chi connectivity index (χ0n) is 21.0. The normalized spacial score (nSPS) is 15.2. The molecule has 12 nitrogen and oxygen atoms in total. The molecule has 1 rings (SSSR count). The SMILES string of the molecule is CCC(C)C(NC(=O)C(Cc1ccc(O)cc1)NC(=O)C(N)C(C)C)C(=O)NC(CC(N)=O)C(=O)O. The Hall–Kier alpha value is -3.67. The van der Waals surface area contributed by atoms with Crippen LogP contribution in [0.3, 0.4) is 0 Å². The fraction of sp³-hybridized carbons (Fsp3) is 0.542. The number of phenolic OH excluding ortho intramolecular Hbond substituents is 1. The van der Waals surface area contributed by atoms with Crippen LogP contribution in [0.1, 0.15) is 46.1 Å². The van der Waals surface area contributed by atoms with Crippen molar-refractivity contribution in [3.8, 4) is 5.75 Å². The Balaban J connectivity index is 3.18. The summed E-state index contributed by atoms with van der Waals surface area (Å²) < 4.78 is 0. The van der Waals surface area contributed by atoms with Crippen molar-refractivity contribution in [2.75, 3.05) is 0 Å². The molecule has 0 radical (unpaired) electrons. The van der Waals surface area contributed by atoms with E-state index >= 15 is 0 Å². The lowest BCUT2D eigenvalue weighted by atomic mass is 9.96. The monoisotopic (exact) mass is 507 g/mol. The molecule has 1 aromatic carbocycles. The number of phenols is 1. The third-order valence-electron chi connectivity index (χ3n) is 5.84. The van der Waals surface area contributed by atoms with Crippen molar-refractivity contribution >= 4 is 29.6 Å². The van der Waals surface area contributed by atoms with Gasteiger partial charge in [0, 0.05) is 6.42 Å². The molecule has 0 fully saturated rings. The van der Waals surface area contributed by atoms with Crippen LogP contribution in [0, 0.1) is 11.8 Å². The van der Waals surface area contributed by atoms with Gasteiger partial charge in [-0.05, 0) is 29.5 Å². The lowest BCUT2D eigenvalue weighted by Crippen LogP contribution is -2.59. The number of aliphatic carboxylic acids is 1. The molecule has 0 spiro atoms. The van der Waals surface area contributed by atoms with Gasteiger partial charge in [-0.25, -0.2) is 4.79 Å². The van der Waals surface area contributed by atoms with Gasteiger partial charge in [0.1, 0.15) is 23.9 Å². The number of amides is 4. The fourth-order valence-corrected chi connectivity index (χ4v) is 3.27. The minimum absolute atomic E-state index is 0.0306. The number of carboxylic acid groups (broad SMARTS) is 1. The van der Waals surface area contributed by atoms with E-state index in [2.05, 4.69) is 16.0 Å². The first-order chi connectivity index (χ1) is 16.8. The Morgan fingerprint density at radius 3 is 1.92 bits per heavy atom. The maximum Gasteiger partial charge on any atom is 0.326 e. The minimum Gasteiger partial charge on any atom is -0.508 e. The highest BCUT2D eigenvalue weighted by Crippen LogP contribution is 2.14. The molecule has 5 unspecified atom stereocenters. The van der Waals surface area contributed by atoms with Gasteiger partial charge in [0.25, 0.3) is 0 Å². The van der Waals surface area contributed by atoms with Gasteiger partial charge >= 0.3 is 5.97 Å². The van der Waals surface area contributed by atoms with E-state index in [0.29, 0.717) is 12.0 Å². The topological polar surface area (TPSA) is 214 Å². The standard InChI is InChI=1S/C24H37N5O7/c1-5-13(4)20(23(34)28-17(24(35)36)11-18(25)31)29-21(32)16(27-22(33)19(26)12(2)3)10-14-6-8-15(30)9-7-14/h6-9,12-13,16-17,19-20,30H,5,10-11,26H2,1-4H3,(H2,25,31)(H,27,33)(H,28,34)(H,29,32)(H,35,36). The average Bonchev–Trinajstić information content (AvgIpc) is 2.81. The summed E-state index contributed by atoms with van der Waals surface area (Å²) in [5.74, 6) is -4.99. The lowest BCUT2D eigenvalue weighted by molar-refractivity contribution is -0.144. The molecule has 0 aromatic heterocycles. The van der Waals surface area contributed by atoms with Gasteiger partial charge < -0.3 is 37.6 Å². The molecule has 0 aliphatic heterocycles. The molecular formula is C24H37N5O7. The van der Waals surface area contributed by atoms with Gasteiger partial charge in [0.15, 0.2) is 0 Å². The molecule has 0 bridgehead atoms. The smallest absolute Gasteiger partial charge is 0.326 e. The zero-order valence-corrected chi connectivity index (χ0v) is 21.0. The molecule has 12 heteroatoms. The zero-order chi connectivity index (χ0) is 27.6. The molecule has 0 heterocycles. The third-order valence-corrected chi connectivity index (χ3v) is 5.84. The number of rotatable bonds is 14. The van der Waals surface area contributed by atoms with Crippen LogP contribution in [0.2, 0.25) is 0 Å². The minimum atomic E-state index is -1.56. The molecule has 36 heavy (non-hydrogen) atoms. The first-order valence-electron chi connectivity index (χ1n) is 11.7. The Morgan fingerprint density at radius 2 is 1.44 bits per heavy atom. The van der Waals surface area contributed by atoms with Crippen LogP contribution in [0.25, 0.3) is 0 Å². The molecule has 0 aliphatic rings. The van der Waals surface area contributed by atoms with Crippen molar-refractivity contribution in [2.24, 2.45) is 23.3 Å². The van der Waals surface area contributed by atoms with Crippen molar-refractivity contribution in [2.45, 2.75) is 71.1 Å². The van der Waals surface area contributed by atoms with Gasteiger partial charge in [-0.1, -0.05) is 46.2 Å². The molecule has 1 aromatic rings. The number of carbonyl (C=O) groups excluding carboxylic acids is 4. The molecule has 200 valence electrons. The van der Waals surface area contributed by atoms with E-state index in [1.54, 1.807) is 39.8 Å². The van der Waals surface area contributed by atoms with Crippen molar-refractivity contribution in [1.29, 1.82) is 0 Å². The summed E-state index contributed by atoms with van der Waals surface area (Å²) in [7, 11) is 0. The van der Waals surface area contributed by atoms with E-state index in [1.165, 1.54) is 12.1 Å². The van der Waals surface area contributed by atoms with Crippen LogP contribution in [0.4, 0.5) is 0 Å². The number of primary amides is 1. The number of nitrogens with two attached hydrogens (primary N) is 2. The van der Waals surface area contributed by atoms with E-state index in [4.69, 9.17) is 11.5 Å². The van der Waals surface area contributed by atoms with E-state index in [0.717, 1.165) is 0 Å². The number of carbonyl (C=O) groups is 5. The van der Waals surface area contributed by atoms with Crippen LogP contribution in [-0.4, -0.2) is 64.0 Å². The summed E-state index contributed by atoms with van der Waals surface area (Å²) in [5.41, 5.74) is 11.6. The first-order valence-corrected chi connectivity index (χ1v) is 11.7. The summed E-state index contributed by atoms with van der Waals surface area (Å²) in [6, 6.07) is 1.34. The highest BCUT2D eigenvalue weighted by Gasteiger charge is 2.33. The summed E-state index contributed by atoms with van der Waals surface area (Å²) in [6.45, 7) is 6.99. The molecule has 0 aliphatic carbocycles. The van der Waals surface area contributed by atoms with Gasteiger partial charge in [0.2, 0.25) is 23.6 Å². The lowest BCUT2D eigenvalue weighted by Gasteiger charge is -2.28. The van der Waals surface area contributed by atoms with Gasteiger partial charge in [-0.3, -0.25) is 19.2 Å². The third kappa shape index (κ3) is 9.53. The number of nitrogens with one attached hydrogen (secondary N) is 3. The molecule has 0 saturated heterocycles. The fourth-order valence-electron chi connectivity index (χ4n) is 3.27. The second kappa shape index (κ2) is 14.0. The Labute approximate surface area is 210 Å². The number of hydrogen-bond donors (Lipinski definition) is 7. The number of aromatic hydroxyl groups is 1. The second-order valence-corrected chi connectivity index (χ2v) is 9.14. The largest absolute Gasteiger partial charge is 0.508 e. The number of carboxylic acids is 1. The maximum atomic E-state index is 13.3. The number of benzene rings is 1. The quantitative estimate of drug-likeness (QED) is 0.172. The Kier molecular flexibility index (Phi) is 11.8. The van der Waals surface area contributed by atoms with E-state index in [1.807, 2.05) is 0 Å². The van der Waals surface area contributed by atoms with Crippen LogP contribution < -0.4 is 27.4 Å². The summed E-state index contributed by atoms with van der Waals surface area (Å²) in [5, 5.41) is 26.3. The van der Waals surface area contributed by atoms with Gasteiger partial charge in [-0.15, -0.1) is 0 Å². The Bertz CT molecular complexity index is 935. The molecule has 9 N–H and O–H groups in total.